The van der Waals surface area contributed by atoms with E-state index in [1.807, 2.05) is 24.3 Å². The summed E-state index contributed by atoms with van der Waals surface area (Å²) >= 11 is 0. The van der Waals surface area contributed by atoms with Crippen molar-refractivity contribution >= 4 is 11.9 Å². The lowest BCUT2D eigenvalue weighted by atomic mass is 10.1. The number of rotatable bonds is 17. The molecule has 186 valence electrons. The zero-order valence-electron chi connectivity index (χ0n) is 20.9. The molecule has 0 saturated heterocycles. The van der Waals surface area contributed by atoms with Crippen LogP contribution in [-0.4, -0.2) is 25.7 Å². The van der Waals surface area contributed by atoms with Crippen LogP contribution >= 0.6 is 0 Å². The number of hydrogen-bond acceptors (Lipinski definition) is 5. The summed E-state index contributed by atoms with van der Waals surface area (Å²) in [6, 6.07) is 14.0. The van der Waals surface area contributed by atoms with Crippen LogP contribution in [0.5, 0.6) is 5.75 Å². The van der Waals surface area contributed by atoms with Gasteiger partial charge in [-0.2, -0.15) is 0 Å². The van der Waals surface area contributed by atoms with Crippen molar-refractivity contribution in [2.24, 2.45) is 0 Å². The van der Waals surface area contributed by atoms with E-state index in [2.05, 4.69) is 6.92 Å². The number of carbonyl (C=O) groups excluding carboxylic acids is 2. The highest BCUT2D eigenvalue weighted by atomic mass is 16.5. The summed E-state index contributed by atoms with van der Waals surface area (Å²) in [4.78, 5) is 25.2. The van der Waals surface area contributed by atoms with Crippen molar-refractivity contribution in [3.8, 4) is 5.75 Å². The Morgan fingerprint density at radius 3 is 1.74 bits per heavy atom. The molecule has 0 unspecified atom stereocenters. The predicted molar refractivity (Wildman–Crippen MR) is 135 cm³/mol. The van der Waals surface area contributed by atoms with Gasteiger partial charge in [0.1, 0.15) is 12.4 Å². The van der Waals surface area contributed by atoms with Gasteiger partial charge in [0.25, 0.3) is 0 Å². The van der Waals surface area contributed by atoms with Gasteiger partial charge >= 0.3 is 11.9 Å². The minimum atomic E-state index is -0.562. The highest BCUT2D eigenvalue weighted by Crippen LogP contribution is 2.20. The Kier molecular flexibility index (Phi) is 13.5. The van der Waals surface area contributed by atoms with Crippen LogP contribution in [0.4, 0.5) is 0 Å². The molecule has 0 aromatic heterocycles. The molecule has 5 heteroatoms. The molecule has 0 aliphatic heterocycles. The van der Waals surface area contributed by atoms with E-state index in [1.165, 1.54) is 57.8 Å². The minimum absolute atomic E-state index is 0.0605. The van der Waals surface area contributed by atoms with Gasteiger partial charge < -0.3 is 14.2 Å². The van der Waals surface area contributed by atoms with Gasteiger partial charge in [0.15, 0.2) is 0 Å². The molecule has 2 rings (SSSR count). The Labute approximate surface area is 204 Å². The van der Waals surface area contributed by atoms with Crippen LogP contribution < -0.4 is 4.74 Å². The molecule has 5 nitrogen and oxygen atoms in total. The molecular formula is C29H40O5. The number of para-hydroxylation sites is 1. The normalized spacial score (nSPS) is 10.6. The molecule has 0 bridgehead atoms. The molecule has 0 saturated carbocycles. The second-order valence-electron chi connectivity index (χ2n) is 8.61. The Bertz CT molecular complexity index is 861. The van der Waals surface area contributed by atoms with Crippen LogP contribution in [0.2, 0.25) is 0 Å². The quantitative estimate of drug-likeness (QED) is 0.177. The number of unbranched alkanes of at least 4 members (excludes halogenated alkanes) is 10. The molecule has 0 aliphatic rings. The Morgan fingerprint density at radius 1 is 0.647 bits per heavy atom. The topological polar surface area (TPSA) is 61.8 Å². The van der Waals surface area contributed by atoms with Crippen LogP contribution in [0.15, 0.2) is 48.5 Å². The number of methoxy groups -OCH3 is 1. The summed E-state index contributed by atoms with van der Waals surface area (Å²) in [6.07, 6.45) is 13.6. The zero-order chi connectivity index (χ0) is 24.4. The average Bonchev–Trinajstić information content (AvgIpc) is 2.87. The van der Waals surface area contributed by atoms with Crippen LogP contribution in [0.1, 0.15) is 104 Å². The van der Waals surface area contributed by atoms with Gasteiger partial charge in [-0.15, -0.1) is 0 Å². The summed E-state index contributed by atoms with van der Waals surface area (Å²) in [5.41, 5.74) is 1.20. The van der Waals surface area contributed by atoms with E-state index in [0.717, 1.165) is 18.4 Å². The first kappa shape index (κ1) is 27.4. The molecular weight excluding hydrogens is 428 g/mol. The third-order valence-electron chi connectivity index (χ3n) is 5.90. The third kappa shape index (κ3) is 9.98. The van der Waals surface area contributed by atoms with Crippen molar-refractivity contribution in [3.63, 3.8) is 0 Å². The minimum Gasteiger partial charge on any atom is -0.496 e. The monoisotopic (exact) mass is 468 g/mol. The Balaban J connectivity index is 1.69. The molecule has 0 spiro atoms. The van der Waals surface area contributed by atoms with Gasteiger partial charge in [-0.3, -0.25) is 0 Å². The SMILES string of the molecule is CCCCCCCCCCCCCOC(=O)c1ccccc1C(=O)OCc1ccccc1OC. The molecule has 2 aromatic carbocycles. The molecule has 0 aliphatic carbocycles. The first-order valence-electron chi connectivity index (χ1n) is 12.7. The number of ether oxygens (including phenoxy) is 3. The van der Waals surface area contributed by atoms with Crippen molar-refractivity contribution in [3.05, 3.63) is 65.2 Å². The van der Waals surface area contributed by atoms with E-state index in [4.69, 9.17) is 14.2 Å². The first-order valence-corrected chi connectivity index (χ1v) is 12.7. The summed E-state index contributed by atoms with van der Waals surface area (Å²) in [5.74, 6) is -0.403. The molecule has 0 N–H and O–H groups in total. The van der Waals surface area contributed by atoms with E-state index < -0.39 is 11.9 Å². The number of esters is 2. The van der Waals surface area contributed by atoms with Gasteiger partial charge in [-0.1, -0.05) is 101 Å². The highest BCUT2D eigenvalue weighted by molar-refractivity contribution is 6.03. The summed E-state index contributed by atoms with van der Waals surface area (Å²) in [6.45, 7) is 2.67. The summed E-state index contributed by atoms with van der Waals surface area (Å²) in [7, 11) is 1.57. The average molecular weight is 469 g/mol. The smallest absolute Gasteiger partial charge is 0.339 e. The molecule has 2 aromatic rings. The molecule has 0 radical (unpaired) electrons. The van der Waals surface area contributed by atoms with E-state index in [1.54, 1.807) is 31.4 Å². The van der Waals surface area contributed by atoms with Crippen LogP contribution in [0, 0.1) is 0 Å². The number of benzene rings is 2. The van der Waals surface area contributed by atoms with Crippen molar-refractivity contribution in [2.45, 2.75) is 84.2 Å². The van der Waals surface area contributed by atoms with E-state index in [9.17, 15) is 9.59 Å². The van der Waals surface area contributed by atoms with E-state index >= 15 is 0 Å². The van der Waals surface area contributed by atoms with E-state index in [0.29, 0.717) is 12.4 Å². The lowest BCUT2D eigenvalue weighted by Gasteiger charge is -2.11. The summed E-state index contributed by atoms with van der Waals surface area (Å²) < 4.78 is 16.2. The van der Waals surface area contributed by atoms with E-state index in [-0.39, 0.29) is 17.7 Å². The maximum Gasteiger partial charge on any atom is 0.339 e. The first-order chi connectivity index (χ1) is 16.7. The van der Waals surface area contributed by atoms with Gasteiger partial charge in [-0.05, 0) is 24.6 Å². The number of carbonyl (C=O) groups is 2. The standard InChI is InChI=1S/C29H40O5/c1-3-4-5-6-7-8-9-10-11-12-17-22-33-28(30)25-19-14-15-20-26(25)29(31)34-23-24-18-13-16-21-27(24)32-2/h13-16,18-21H,3-12,17,22-23H2,1-2H3. The Morgan fingerprint density at radius 2 is 1.15 bits per heavy atom. The second kappa shape index (κ2) is 16.7. The molecule has 0 fully saturated rings. The van der Waals surface area contributed by atoms with Crippen LogP contribution in [0.25, 0.3) is 0 Å². The zero-order valence-corrected chi connectivity index (χ0v) is 20.9. The maximum atomic E-state index is 12.6. The van der Waals surface area contributed by atoms with Gasteiger partial charge in [-0.25, -0.2) is 9.59 Å². The largest absolute Gasteiger partial charge is 0.496 e. The lowest BCUT2D eigenvalue weighted by Crippen LogP contribution is -2.14. The molecule has 34 heavy (non-hydrogen) atoms. The second-order valence-corrected chi connectivity index (χ2v) is 8.61. The fraction of sp³-hybridized carbons (Fsp3) is 0.517. The van der Waals surface area contributed by atoms with Gasteiger partial charge in [0.2, 0.25) is 0 Å². The molecule has 0 heterocycles. The number of hydrogen-bond donors (Lipinski definition) is 0. The Hall–Kier alpha value is -2.82. The van der Waals surface area contributed by atoms with Gasteiger partial charge in [0.05, 0.1) is 24.8 Å². The maximum absolute atomic E-state index is 12.6. The fourth-order valence-electron chi connectivity index (χ4n) is 3.89. The lowest BCUT2D eigenvalue weighted by molar-refractivity contribution is 0.0434. The van der Waals surface area contributed by atoms with Crippen molar-refractivity contribution in [1.82, 2.24) is 0 Å². The third-order valence-corrected chi connectivity index (χ3v) is 5.90. The molecule has 0 atom stereocenters. The van der Waals surface area contributed by atoms with Crippen molar-refractivity contribution in [2.75, 3.05) is 13.7 Å². The van der Waals surface area contributed by atoms with Gasteiger partial charge in [0, 0.05) is 5.56 Å². The molecule has 0 amide bonds. The van der Waals surface area contributed by atoms with Crippen LogP contribution in [0.3, 0.4) is 0 Å². The highest BCUT2D eigenvalue weighted by Gasteiger charge is 2.19. The summed E-state index contributed by atoms with van der Waals surface area (Å²) in [5, 5.41) is 0. The predicted octanol–water partition coefficient (Wildman–Crippen LogP) is 7.52. The van der Waals surface area contributed by atoms with Crippen molar-refractivity contribution in [1.29, 1.82) is 0 Å². The van der Waals surface area contributed by atoms with Crippen LogP contribution in [-0.2, 0) is 16.1 Å². The fourth-order valence-corrected chi connectivity index (χ4v) is 3.89. The van der Waals surface area contributed by atoms with Crippen molar-refractivity contribution < 1.29 is 23.8 Å².